The first-order valence-corrected chi connectivity index (χ1v) is 7.28. The van der Waals surface area contributed by atoms with Crippen molar-refractivity contribution in [2.45, 2.75) is 26.3 Å². The van der Waals surface area contributed by atoms with Crippen molar-refractivity contribution in [3.05, 3.63) is 63.6 Å². The number of hydrogen-bond acceptors (Lipinski definition) is 1. The molecule has 0 saturated heterocycles. The average Bonchev–Trinajstić information content (AvgIpc) is 2.42. The van der Waals surface area contributed by atoms with E-state index in [4.69, 9.17) is 0 Å². The lowest BCUT2D eigenvalue weighted by Gasteiger charge is -2.21. The van der Waals surface area contributed by atoms with Crippen molar-refractivity contribution < 1.29 is 8.78 Å². The maximum Gasteiger partial charge on any atom is 0.139 e. The molecule has 1 unspecified atom stereocenters. The number of rotatable bonds is 4. The molecule has 0 aromatic heterocycles. The molecule has 0 fully saturated rings. The Balaban J connectivity index is 2.32. The van der Waals surface area contributed by atoms with E-state index in [2.05, 4.69) is 21.2 Å². The largest absolute Gasteiger partial charge is 0.378 e. The molecule has 0 radical (unpaired) electrons. The quantitative estimate of drug-likeness (QED) is 0.764. The van der Waals surface area contributed by atoms with E-state index in [1.165, 1.54) is 12.1 Å². The highest BCUT2D eigenvalue weighted by Crippen LogP contribution is 2.29. The smallest absolute Gasteiger partial charge is 0.139 e. The Hall–Kier alpha value is -1.42. The summed E-state index contributed by atoms with van der Waals surface area (Å²) in [5.41, 5.74) is 2.19. The van der Waals surface area contributed by atoms with Crippen LogP contribution in [0.2, 0.25) is 0 Å². The molecule has 0 amide bonds. The summed E-state index contributed by atoms with van der Waals surface area (Å²) < 4.78 is 27.9. The summed E-state index contributed by atoms with van der Waals surface area (Å²) in [6.07, 6.45) is 0.706. The third-order valence-corrected chi connectivity index (χ3v) is 3.89. The summed E-state index contributed by atoms with van der Waals surface area (Å²) in [5.74, 6) is -0.580. The van der Waals surface area contributed by atoms with Gasteiger partial charge in [-0.1, -0.05) is 25.1 Å². The summed E-state index contributed by atoms with van der Waals surface area (Å²) >= 11 is 3.16. The average molecular weight is 340 g/mol. The van der Waals surface area contributed by atoms with Gasteiger partial charge in [-0.3, -0.25) is 0 Å². The van der Waals surface area contributed by atoms with Gasteiger partial charge in [0.25, 0.3) is 0 Å². The highest BCUT2D eigenvalue weighted by atomic mass is 79.9. The van der Waals surface area contributed by atoms with Crippen molar-refractivity contribution in [2.75, 3.05) is 5.32 Å². The predicted molar refractivity (Wildman–Crippen MR) is 81.9 cm³/mol. The number of benzene rings is 2. The molecule has 0 heterocycles. The maximum atomic E-state index is 13.9. The Bertz CT molecular complexity index is 613. The Kier molecular flexibility index (Phi) is 4.76. The van der Waals surface area contributed by atoms with Crippen LogP contribution in [0.15, 0.2) is 40.9 Å². The summed E-state index contributed by atoms with van der Waals surface area (Å²) in [4.78, 5) is 0. The third kappa shape index (κ3) is 3.18. The molecular weight excluding hydrogens is 324 g/mol. The SMILES string of the molecule is CCC(Nc1cc(F)c(Br)cc1C)c1ccccc1F. The van der Waals surface area contributed by atoms with Crippen LogP contribution >= 0.6 is 15.9 Å². The normalized spacial score (nSPS) is 12.2. The Morgan fingerprint density at radius 3 is 2.50 bits per heavy atom. The van der Waals surface area contributed by atoms with Crippen molar-refractivity contribution in [1.82, 2.24) is 0 Å². The molecule has 1 N–H and O–H groups in total. The van der Waals surface area contributed by atoms with Crippen molar-refractivity contribution >= 4 is 21.6 Å². The van der Waals surface area contributed by atoms with Gasteiger partial charge in [0.2, 0.25) is 0 Å². The zero-order chi connectivity index (χ0) is 14.7. The van der Waals surface area contributed by atoms with E-state index in [-0.39, 0.29) is 17.7 Å². The topological polar surface area (TPSA) is 12.0 Å². The lowest BCUT2D eigenvalue weighted by atomic mass is 10.0. The fourth-order valence-corrected chi connectivity index (χ4v) is 2.60. The molecular formula is C16H16BrF2N. The van der Waals surface area contributed by atoms with Gasteiger partial charge in [-0.05, 0) is 53.0 Å². The lowest BCUT2D eigenvalue weighted by molar-refractivity contribution is 0.586. The summed E-state index contributed by atoms with van der Waals surface area (Å²) in [6.45, 7) is 3.86. The number of halogens is 3. The van der Waals surface area contributed by atoms with Crippen LogP contribution in [0.25, 0.3) is 0 Å². The first-order valence-electron chi connectivity index (χ1n) is 6.49. The van der Waals surface area contributed by atoms with Gasteiger partial charge >= 0.3 is 0 Å². The van der Waals surface area contributed by atoms with Gasteiger partial charge in [0.1, 0.15) is 11.6 Å². The van der Waals surface area contributed by atoms with Crippen LogP contribution in [0.4, 0.5) is 14.5 Å². The molecule has 0 aliphatic heterocycles. The molecule has 2 rings (SSSR count). The molecule has 0 aliphatic carbocycles. The van der Waals surface area contributed by atoms with E-state index in [1.807, 2.05) is 13.8 Å². The van der Waals surface area contributed by atoms with Crippen LogP contribution in [-0.2, 0) is 0 Å². The monoisotopic (exact) mass is 339 g/mol. The van der Waals surface area contributed by atoms with Gasteiger partial charge in [0.15, 0.2) is 0 Å². The van der Waals surface area contributed by atoms with E-state index in [0.29, 0.717) is 22.1 Å². The molecule has 1 atom stereocenters. The molecule has 0 bridgehead atoms. The van der Waals surface area contributed by atoms with E-state index in [0.717, 1.165) is 5.56 Å². The van der Waals surface area contributed by atoms with E-state index in [1.54, 1.807) is 24.3 Å². The van der Waals surface area contributed by atoms with Crippen LogP contribution in [0, 0.1) is 18.6 Å². The molecule has 2 aromatic carbocycles. The van der Waals surface area contributed by atoms with Crippen LogP contribution in [-0.4, -0.2) is 0 Å². The minimum atomic E-state index is -0.332. The van der Waals surface area contributed by atoms with Crippen molar-refractivity contribution in [2.24, 2.45) is 0 Å². The number of aryl methyl sites for hydroxylation is 1. The molecule has 0 saturated carbocycles. The molecule has 1 nitrogen and oxygen atoms in total. The van der Waals surface area contributed by atoms with Crippen LogP contribution in [0.3, 0.4) is 0 Å². The Morgan fingerprint density at radius 1 is 1.15 bits per heavy atom. The second kappa shape index (κ2) is 6.35. The van der Waals surface area contributed by atoms with Crippen molar-refractivity contribution in [3.63, 3.8) is 0 Å². The van der Waals surface area contributed by atoms with Crippen molar-refractivity contribution in [3.8, 4) is 0 Å². The standard InChI is InChI=1S/C16H16BrF2N/c1-3-15(11-6-4-5-7-13(11)18)20-16-9-14(19)12(17)8-10(16)2/h4-9,15,20H,3H2,1-2H3. The van der Waals surface area contributed by atoms with Gasteiger partial charge in [-0.2, -0.15) is 0 Å². The highest BCUT2D eigenvalue weighted by molar-refractivity contribution is 9.10. The van der Waals surface area contributed by atoms with E-state index >= 15 is 0 Å². The van der Waals surface area contributed by atoms with E-state index < -0.39 is 0 Å². The van der Waals surface area contributed by atoms with Gasteiger partial charge in [0, 0.05) is 11.3 Å². The summed E-state index contributed by atoms with van der Waals surface area (Å²) in [7, 11) is 0. The fourth-order valence-electron chi connectivity index (χ4n) is 2.15. The zero-order valence-corrected chi connectivity index (χ0v) is 13.0. The van der Waals surface area contributed by atoms with Gasteiger partial charge < -0.3 is 5.32 Å². The van der Waals surface area contributed by atoms with Gasteiger partial charge in [0.05, 0.1) is 10.5 Å². The fraction of sp³-hybridized carbons (Fsp3) is 0.250. The van der Waals surface area contributed by atoms with Gasteiger partial charge in [-0.25, -0.2) is 8.78 Å². The second-order valence-electron chi connectivity index (χ2n) is 4.71. The first-order chi connectivity index (χ1) is 9.52. The molecule has 20 heavy (non-hydrogen) atoms. The highest BCUT2D eigenvalue weighted by Gasteiger charge is 2.15. The molecule has 0 spiro atoms. The number of anilines is 1. The maximum absolute atomic E-state index is 13.9. The third-order valence-electron chi connectivity index (χ3n) is 3.29. The van der Waals surface area contributed by atoms with Crippen LogP contribution in [0.5, 0.6) is 0 Å². The number of hydrogen-bond donors (Lipinski definition) is 1. The van der Waals surface area contributed by atoms with Crippen LogP contribution in [0.1, 0.15) is 30.5 Å². The Labute approximate surface area is 126 Å². The van der Waals surface area contributed by atoms with Crippen LogP contribution < -0.4 is 5.32 Å². The molecule has 4 heteroatoms. The molecule has 106 valence electrons. The molecule has 0 aliphatic rings. The predicted octanol–water partition coefficient (Wildman–Crippen LogP) is 5.60. The zero-order valence-electron chi connectivity index (χ0n) is 11.4. The Morgan fingerprint density at radius 2 is 1.85 bits per heavy atom. The first kappa shape index (κ1) is 15.0. The summed E-state index contributed by atoms with van der Waals surface area (Å²) in [6, 6.07) is 9.62. The van der Waals surface area contributed by atoms with E-state index in [9.17, 15) is 8.78 Å². The summed E-state index contributed by atoms with van der Waals surface area (Å²) in [5, 5.41) is 3.22. The molecule has 2 aromatic rings. The second-order valence-corrected chi connectivity index (χ2v) is 5.56. The minimum Gasteiger partial charge on any atom is -0.378 e. The lowest BCUT2D eigenvalue weighted by Crippen LogP contribution is -2.12. The van der Waals surface area contributed by atoms with Gasteiger partial charge in [-0.15, -0.1) is 0 Å². The minimum absolute atomic E-state index is 0.185. The number of nitrogens with one attached hydrogen (secondary N) is 1. The van der Waals surface area contributed by atoms with Crippen molar-refractivity contribution in [1.29, 1.82) is 0 Å².